The van der Waals surface area contributed by atoms with E-state index < -0.39 is 5.97 Å². The van der Waals surface area contributed by atoms with Crippen LogP contribution in [0.4, 0.5) is 0 Å². The lowest BCUT2D eigenvalue weighted by Gasteiger charge is -2.06. The molecule has 4 nitrogen and oxygen atoms in total. The van der Waals surface area contributed by atoms with Crippen LogP contribution in [0.3, 0.4) is 0 Å². The zero-order chi connectivity index (χ0) is 18.7. The van der Waals surface area contributed by atoms with Crippen molar-refractivity contribution in [1.29, 1.82) is 0 Å². The Morgan fingerprint density at radius 2 is 1.96 bits per heavy atom. The number of thiazole rings is 1. The minimum Gasteiger partial charge on any atom is -0.453 e. The maximum Gasteiger partial charge on any atom is 0.358 e. The molecular weight excluding hydrogens is 370 g/mol. The van der Waals surface area contributed by atoms with E-state index in [-0.39, 0.29) is 18.1 Å². The summed E-state index contributed by atoms with van der Waals surface area (Å²) in [7, 11) is 0. The lowest BCUT2D eigenvalue weighted by atomic mass is 10.0. The van der Waals surface area contributed by atoms with Crippen LogP contribution in [-0.4, -0.2) is 23.3 Å². The van der Waals surface area contributed by atoms with Crippen molar-refractivity contribution in [2.24, 2.45) is 0 Å². The van der Waals surface area contributed by atoms with Gasteiger partial charge in [-0.1, -0.05) is 41.4 Å². The first-order valence-corrected chi connectivity index (χ1v) is 9.19. The number of halogens is 1. The Bertz CT molecular complexity index is 981. The maximum atomic E-state index is 12.3. The number of benzene rings is 2. The average Bonchev–Trinajstić information content (AvgIpc) is 3.11. The Hall–Kier alpha value is -2.50. The van der Waals surface area contributed by atoms with E-state index in [1.807, 2.05) is 38.1 Å². The van der Waals surface area contributed by atoms with Crippen molar-refractivity contribution in [3.8, 4) is 10.6 Å². The molecule has 0 unspecified atom stereocenters. The van der Waals surface area contributed by atoms with Crippen molar-refractivity contribution >= 4 is 34.7 Å². The third kappa shape index (κ3) is 4.18. The summed E-state index contributed by atoms with van der Waals surface area (Å²) in [5.74, 6) is -0.849. The van der Waals surface area contributed by atoms with Crippen LogP contribution >= 0.6 is 22.9 Å². The van der Waals surface area contributed by atoms with E-state index in [9.17, 15) is 9.59 Å². The second-order valence-electron chi connectivity index (χ2n) is 5.87. The van der Waals surface area contributed by atoms with Gasteiger partial charge in [-0.15, -0.1) is 11.3 Å². The third-order valence-corrected chi connectivity index (χ3v) is 4.94. The Morgan fingerprint density at radius 3 is 2.73 bits per heavy atom. The Kier molecular flexibility index (Phi) is 5.49. The zero-order valence-electron chi connectivity index (χ0n) is 14.3. The number of nitrogens with zero attached hydrogens (tertiary/aromatic N) is 1. The molecule has 132 valence electrons. The maximum absolute atomic E-state index is 12.3. The molecule has 0 aliphatic carbocycles. The summed E-state index contributed by atoms with van der Waals surface area (Å²) >= 11 is 7.30. The van der Waals surface area contributed by atoms with Gasteiger partial charge in [-0.25, -0.2) is 9.78 Å². The molecule has 26 heavy (non-hydrogen) atoms. The highest BCUT2D eigenvalue weighted by Crippen LogP contribution is 2.26. The number of hydrogen-bond acceptors (Lipinski definition) is 5. The molecule has 0 spiro atoms. The van der Waals surface area contributed by atoms with Crippen molar-refractivity contribution < 1.29 is 14.3 Å². The second kappa shape index (κ2) is 7.81. The summed E-state index contributed by atoms with van der Waals surface area (Å²) < 4.78 is 5.14. The van der Waals surface area contributed by atoms with Crippen LogP contribution in [0.15, 0.2) is 47.8 Å². The fourth-order valence-corrected chi connectivity index (χ4v) is 3.42. The van der Waals surface area contributed by atoms with Crippen LogP contribution < -0.4 is 0 Å². The van der Waals surface area contributed by atoms with Crippen molar-refractivity contribution in [1.82, 2.24) is 4.98 Å². The molecule has 0 bridgehead atoms. The summed E-state index contributed by atoms with van der Waals surface area (Å²) in [5, 5.41) is 2.88. The van der Waals surface area contributed by atoms with Crippen LogP contribution in [0.2, 0.25) is 5.02 Å². The number of Topliss-reactive ketones (excluding diaryl/α,β-unsaturated/α-hetero) is 1. The normalized spacial score (nSPS) is 10.6. The lowest BCUT2D eigenvalue weighted by molar-refractivity contribution is 0.0469. The second-order valence-corrected chi connectivity index (χ2v) is 7.16. The predicted molar refractivity (Wildman–Crippen MR) is 103 cm³/mol. The molecule has 1 heterocycles. The van der Waals surface area contributed by atoms with E-state index in [1.165, 1.54) is 11.3 Å². The van der Waals surface area contributed by atoms with Gasteiger partial charge in [-0.2, -0.15) is 0 Å². The first kappa shape index (κ1) is 18.3. The smallest absolute Gasteiger partial charge is 0.358 e. The molecule has 2 aromatic carbocycles. The van der Waals surface area contributed by atoms with E-state index >= 15 is 0 Å². The Balaban J connectivity index is 1.67. The van der Waals surface area contributed by atoms with Crippen LogP contribution in [0.5, 0.6) is 0 Å². The number of hydrogen-bond donors (Lipinski definition) is 0. The van der Waals surface area contributed by atoms with E-state index in [1.54, 1.807) is 23.6 Å². The van der Waals surface area contributed by atoms with Gasteiger partial charge in [0.1, 0.15) is 5.01 Å². The number of aromatic nitrogens is 1. The van der Waals surface area contributed by atoms with E-state index in [4.69, 9.17) is 16.3 Å². The number of carbonyl (C=O) groups is 2. The minimum absolute atomic E-state index is 0.179. The highest BCUT2D eigenvalue weighted by atomic mass is 35.5. The molecule has 0 saturated carbocycles. The summed E-state index contributed by atoms with van der Waals surface area (Å²) in [4.78, 5) is 28.8. The number of carbonyl (C=O) groups excluding carboxylic acids is 2. The highest BCUT2D eigenvalue weighted by molar-refractivity contribution is 7.13. The molecule has 0 atom stereocenters. The van der Waals surface area contributed by atoms with Crippen LogP contribution in [0.1, 0.15) is 32.0 Å². The number of rotatable bonds is 5. The number of aryl methyl sites for hydroxylation is 2. The molecule has 0 saturated heterocycles. The average molecular weight is 386 g/mol. The number of ether oxygens (including phenoxy) is 1. The van der Waals surface area contributed by atoms with E-state index in [2.05, 4.69) is 4.98 Å². The van der Waals surface area contributed by atoms with E-state index in [0.29, 0.717) is 15.6 Å². The van der Waals surface area contributed by atoms with Gasteiger partial charge in [0.15, 0.2) is 12.3 Å². The topological polar surface area (TPSA) is 56.3 Å². The molecule has 0 aliphatic heterocycles. The zero-order valence-corrected chi connectivity index (χ0v) is 15.9. The first-order valence-electron chi connectivity index (χ1n) is 7.93. The van der Waals surface area contributed by atoms with Crippen LogP contribution in [0, 0.1) is 13.8 Å². The fourth-order valence-electron chi connectivity index (χ4n) is 2.44. The number of esters is 1. The number of ketones is 1. The van der Waals surface area contributed by atoms with E-state index in [0.717, 1.165) is 16.7 Å². The Morgan fingerprint density at radius 1 is 1.15 bits per heavy atom. The van der Waals surface area contributed by atoms with Gasteiger partial charge in [0.05, 0.1) is 0 Å². The van der Waals surface area contributed by atoms with Gasteiger partial charge in [0.25, 0.3) is 0 Å². The molecule has 0 aliphatic rings. The van der Waals surface area contributed by atoms with Crippen LogP contribution in [0.25, 0.3) is 10.6 Å². The fraction of sp³-hybridized carbons (Fsp3) is 0.150. The van der Waals surface area contributed by atoms with Gasteiger partial charge >= 0.3 is 5.97 Å². The minimum atomic E-state index is -0.617. The quantitative estimate of drug-likeness (QED) is 0.451. The molecule has 0 fully saturated rings. The van der Waals surface area contributed by atoms with Crippen molar-refractivity contribution in [3.05, 3.63) is 75.3 Å². The molecule has 0 radical (unpaired) electrons. The summed E-state index contributed by atoms with van der Waals surface area (Å²) in [6.07, 6.45) is 0. The molecule has 3 aromatic rings. The van der Waals surface area contributed by atoms with Crippen molar-refractivity contribution in [3.63, 3.8) is 0 Å². The largest absolute Gasteiger partial charge is 0.453 e. The highest BCUT2D eigenvalue weighted by Gasteiger charge is 2.17. The van der Waals surface area contributed by atoms with Crippen molar-refractivity contribution in [2.75, 3.05) is 6.61 Å². The standard InChI is InChI=1S/C20H16ClNO3S/c1-12-6-7-13(2)16(8-12)18(23)10-25-20(24)17-11-26-19(22-17)14-4-3-5-15(21)9-14/h3-9,11H,10H2,1-2H3. The first-order chi connectivity index (χ1) is 12.4. The summed E-state index contributed by atoms with van der Waals surface area (Å²) in [6, 6.07) is 12.8. The molecule has 3 rings (SSSR count). The third-order valence-electron chi connectivity index (χ3n) is 3.81. The Labute approximate surface area is 160 Å². The summed E-state index contributed by atoms with van der Waals surface area (Å²) in [6.45, 7) is 3.45. The molecule has 0 N–H and O–H groups in total. The van der Waals surface area contributed by atoms with Gasteiger partial charge in [-0.3, -0.25) is 4.79 Å². The predicted octanol–water partition coefficient (Wildman–Crippen LogP) is 5.12. The van der Waals surface area contributed by atoms with Gasteiger partial charge in [0, 0.05) is 21.5 Å². The molecular formula is C20H16ClNO3S. The SMILES string of the molecule is Cc1ccc(C)c(C(=O)COC(=O)c2csc(-c3cccc(Cl)c3)n2)c1. The molecule has 0 amide bonds. The summed E-state index contributed by atoms with van der Waals surface area (Å²) in [5.41, 5.74) is 3.41. The lowest BCUT2D eigenvalue weighted by Crippen LogP contribution is -2.15. The van der Waals surface area contributed by atoms with Crippen molar-refractivity contribution in [2.45, 2.75) is 13.8 Å². The molecule has 6 heteroatoms. The van der Waals surface area contributed by atoms with Gasteiger partial charge < -0.3 is 4.74 Å². The van der Waals surface area contributed by atoms with Gasteiger partial charge in [0.2, 0.25) is 5.78 Å². The van der Waals surface area contributed by atoms with Crippen LogP contribution in [-0.2, 0) is 4.74 Å². The monoisotopic (exact) mass is 385 g/mol. The molecule has 1 aromatic heterocycles. The van der Waals surface area contributed by atoms with Gasteiger partial charge in [-0.05, 0) is 37.6 Å².